The van der Waals surface area contributed by atoms with Gasteiger partial charge in [0.05, 0.1) is 14.2 Å². The van der Waals surface area contributed by atoms with E-state index in [0.29, 0.717) is 0 Å². The number of alkyl halides is 2. The predicted octanol–water partition coefficient (Wildman–Crippen LogP) is 2.50. The zero-order valence-electron chi connectivity index (χ0n) is 9.54. The summed E-state index contributed by atoms with van der Waals surface area (Å²) in [6.45, 7) is 0. The Labute approximate surface area is 97.3 Å². The van der Waals surface area contributed by atoms with Crippen LogP contribution in [-0.2, 0) is 0 Å². The molecule has 0 fully saturated rings. The Hall–Kier alpha value is -1.43. The SMILES string of the molecule is COc1cc(F)c([C@H](N)CC(F)F)cc1OC. The summed E-state index contributed by atoms with van der Waals surface area (Å²) in [5.74, 6) is -0.234. The topological polar surface area (TPSA) is 44.5 Å². The molecule has 3 nitrogen and oxygen atoms in total. The number of benzene rings is 1. The number of hydrogen-bond donors (Lipinski definition) is 1. The van der Waals surface area contributed by atoms with Crippen LogP contribution in [0.1, 0.15) is 18.0 Å². The van der Waals surface area contributed by atoms with Gasteiger partial charge in [-0.15, -0.1) is 0 Å². The van der Waals surface area contributed by atoms with Gasteiger partial charge in [0.2, 0.25) is 6.43 Å². The maximum atomic E-state index is 13.6. The molecule has 0 spiro atoms. The fourth-order valence-corrected chi connectivity index (χ4v) is 1.47. The van der Waals surface area contributed by atoms with Crippen LogP contribution in [0.2, 0.25) is 0 Å². The predicted molar refractivity (Wildman–Crippen MR) is 57.1 cm³/mol. The molecule has 1 aromatic rings. The van der Waals surface area contributed by atoms with Gasteiger partial charge in [0, 0.05) is 24.1 Å². The second kappa shape index (κ2) is 5.77. The van der Waals surface area contributed by atoms with Gasteiger partial charge in [-0.25, -0.2) is 13.2 Å². The normalized spacial score (nSPS) is 12.6. The monoisotopic (exact) mass is 249 g/mol. The highest BCUT2D eigenvalue weighted by atomic mass is 19.3. The van der Waals surface area contributed by atoms with Crippen LogP contribution < -0.4 is 15.2 Å². The van der Waals surface area contributed by atoms with Gasteiger partial charge >= 0.3 is 0 Å². The number of ether oxygens (including phenoxy) is 2. The van der Waals surface area contributed by atoms with E-state index in [-0.39, 0.29) is 17.1 Å². The molecule has 0 aliphatic rings. The molecule has 1 rings (SSSR count). The van der Waals surface area contributed by atoms with Crippen LogP contribution >= 0.6 is 0 Å². The summed E-state index contributed by atoms with van der Waals surface area (Å²) in [6, 6.07) is 1.27. The maximum absolute atomic E-state index is 13.6. The van der Waals surface area contributed by atoms with E-state index in [1.54, 1.807) is 0 Å². The number of rotatable bonds is 5. The zero-order valence-corrected chi connectivity index (χ0v) is 9.54. The molecule has 0 unspecified atom stereocenters. The number of hydrogen-bond acceptors (Lipinski definition) is 3. The van der Waals surface area contributed by atoms with Crippen molar-refractivity contribution in [1.29, 1.82) is 0 Å². The highest BCUT2D eigenvalue weighted by Crippen LogP contribution is 2.33. The van der Waals surface area contributed by atoms with Gasteiger partial charge in [-0.2, -0.15) is 0 Å². The van der Waals surface area contributed by atoms with Crippen molar-refractivity contribution in [2.45, 2.75) is 18.9 Å². The molecule has 0 bridgehead atoms. The highest BCUT2D eigenvalue weighted by Gasteiger charge is 2.19. The van der Waals surface area contributed by atoms with Crippen LogP contribution in [0.15, 0.2) is 12.1 Å². The molecule has 1 aromatic carbocycles. The fraction of sp³-hybridized carbons (Fsp3) is 0.455. The molecular weight excluding hydrogens is 235 g/mol. The van der Waals surface area contributed by atoms with E-state index < -0.39 is 24.7 Å². The lowest BCUT2D eigenvalue weighted by molar-refractivity contribution is 0.128. The second-order valence-electron chi connectivity index (χ2n) is 3.46. The van der Waals surface area contributed by atoms with E-state index in [1.165, 1.54) is 20.3 Å². The third-order valence-corrected chi connectivity index (χ3v) is 2.33. The van der Waals surface area contributed by atoms with E-state index in [2.05, 4.69) is 0 Å². The Morgan fingerprint density at radius 1 is 1.18 bits per heavy atom. The molecule has 17 heavy (non-hydrogen) atoms. The Bertz CT molecular complexity index is 385. The lowest BCUT2D eigenvalue weighted by atomic mass is 10.0. The van der Waals surface area contributed by atoms with Gasteiger partial charge < -0.3 is 15.2 Å². The molecule has 0 aliphatic heterocycles. The van der Waals surface area contributed by atoms with Crippen molar-refractivity contribution in [3.8, 4) is 11.5 Å². The van der Waals surface area contributed by atoms with Crippen molar-refractivity contribution in [1.82, 2.24) is 0 Å². The van der Waals surface area contributed by atoms with Crippen LogP contribution in [0.3, 0.4) is 0 Å². The molecule has 2 N–H and O–H groups in total. The fourth-order valence-electron chi connectivity index (χ4n) is 1.47. The van der Waals surface area contributed by atoms with Crippen molar-refractivity contribution < 1.29 is 22.6 Å². The Morgan fingerprint density at radius 3 is 2.18 bits per heavy atom. The van der Waals surface area contributed by atoms with Gasteiger partial charge in [0.15, 0.2) is 11.5 Å². The van der Waals surface area contributed by atoms with Crippen molar-refractivity contribution in [2.75, 3.05) is 14.2 Å². The molecule has 0 amide bonds. The summed E-state index contributed by atoms with van der Waals surface area (Å²) in [4.78, 5) is 0. The minimum absolute atomic E-state index is 0.0112. The number of halogens is 3. The zero-order chi connectivity index (χ0) is 13.0. The Kier molecular flexibility index (Phi) is 4.62. The molecule has 0 saturated heterocycles. The average Bonchev–Trinajstić information content (AvgIpc) is 2.27. The first-order valence-electron chi connectivity index (χ1n) is 4.94. The van der Waals surface area contributed by atoms with Gasteiger partial charge in [0.1, 0.15) is 5.82 Å². The third kappa shape index (κ3) is 3.26. The molecule has 96 valence electrons. The van der Waals surface area contributed by atoms with Crippen LogP contribution in [0.4, 0.5) is 13.2 Å². The minimum Gasteiger partial charge on any atom is -0.493 e. The van der Waals surface area contributed by atoms with Crippen LogP contribution in [0.5, 0.6) is 11.5 Å². The van der Waals surface area contributed by atoms with Crippen LogP contribution in [0.25, 0.3) is 0 Å². The van der Waals surface area contributed by atoms with Gasteiger partial charge in [-0.3, -0.25) is 0 Å². The summed E-state index contributed by atoms with van der Waals surface area (Å²) in [7, 11) is 2.73. The summed E-state index contributed by atoms with van der Waals surface area (Å²) < 4.78 is 47.8. The van der Waals surface area contributed by atoms with Gasteiger partial charge in [-0.05, 0) is 6.07 Å². The molecule has 6 heteroatoms. The van der Waals surface area contributed by atoms with E-state index in [9.17, 15) is 13.2 Å². The Morgan fingerprint density at radius 2 is 1.71 bits per heavy atom. The average molecular weight is 249 g/mol. The van der Waals surface area contributed by atoms with Crippen molar-refractivity contribution in [2.24, 2.45) is 5.73 Å². The molecule has 0 saturated carbocycles. The highest BCUT2D eigenvalue weighted by molar-refractivity contribution is 5.44. The van der Waals surface area contributed by atoms with E-state index >= 15 is 0 Å². The van der Waals surface area contributed by atoms with Crippen molar-refractivity contribution >= 4 is 0 Å². The smallest absolute Gasteiger partial charge is 0.240 e. The lowest BCUT2D eigenvalue weighted by Gasteiger charge is -2.15. The third-order valence-electron chi connectivity index (χ3n) is 2.33. The molecular formula is C11H14F3NO2. The molecule has 0 aliphatic carbocycles. The number of nitrogens with two attached hydrogens (primary N) is 1. The quantitative estimate of drug-likeness (QED) is 0.872. The summed E-state index contributed by atoms with van der Waals surface area (Å²) in [6.07, 6.45) is -3.19. The first-order chi connectivity index (χ1) is 7.99. The largest absolute Gasteiger partial charge is 0.493 e. The molecule has 0 radical (unpaired) electrons. The van der Waals surface area contributed by atoms with Gasteiger partial charge in [-0.1, -0.05) is 0 Å². The van der Waals surface area contributed by atoms with Crippen molar-refractivity contribution in [3.05, 3.63) is 23.5 Å². The minimum atomic E-state index is -2.59. The molecule has 0 heterocycles. The van der Waals surface area contributed by atoms with Crippen molar-refractivity contribution in [3.63, 3.8) is 0 Å². The summed E-state index contributed by atoms with van der Waals surface area (Å²) >= 11 is 0. The summed E-state index contributed by atoms with van der Waals surface area (Å²) in [5.41, 5.74) is 5.48. The molecule has 1 atom stereocenters. The maximum Gasteiger partial charge on any atom is 0.240 e. The number of methoxy groups -OCH3 is 2. The van der Waals surface area contributed by atoms with Gasteiger partial charge in [0.25, 0.3) is 0 Å². The van der Waals surface area contributed by atoms with Crippen LogP contribution in [0, 0.1) is 5.82 Å². The standard InChI is InChI=1S/C11H14F3NO2/c1-16-9-3-6(8(15)5-11(13)14)7(12)4-10(9)17-2/h3-4,8,11H,5,15H2,1-2H3/t8-/m1/s1. The van der Waals surface area contributed by atoms with E-state index in [1.807, 2.05) is 0 Å². The Balaban J connectivity index is 3.07. The first-order valence-corrected chi connectivity index (χ1v) is 4.94. The second-order valence-corrected chi connectivity index (χ2v) is 3.46. The van der Waals surface area contributed by atoms with E-state index in [0.717, 1.165) is 6.07 Å². The van der Waals surface area contributed by atoms with Crippen LogP contribution in [-0.4, -0.2) is 20.6 Å². The van der Waals surface area contributed by atoms with E-state index in [4.69, 9.17) is 15.2 Å². The molecule has 0 aromatic heterocycles. The lowest BCUT2D eigenvalue weighted by Crippen LogP contribution is -2.15. The first kappa shape index (κ1) is 13.6. The summed E-state index contributed by atoms with van der Waals surface area (Å²) in [5, 5.41) is 0.